The molecule has 5 aromatic carbocycles. The first-order valence-corrected chi connectivity index (χ1v) is 16.1. The first-order valence-electron chi connectivity index (χ1n) is 16.1. The standard InChI is InChI=1S/C41H37FN4O4/c1-40(2,3)50-39(48)44-43-38(47)33-24-26-35-36(37(33)49-4)34(25-23-28-15-14-22-32(42)27-28)45-46(35)41(29-16-8-5-9-17-29,30-18-10-6-11-19-30)31-20-12-7-13-21-31/h5-27H,1-4H3,(H,43,47)(H,44,48)/b25-23+. The summed E-state index contributed by atoms with van der Waals surface area (Å²) in [5, 5.41) is 5.83. The van der Waals surface area contributed by atoms with E-state index in [2.05, 4.69) is 47.2 Å². The van der Waals surface area contributed by atoms with Crippen molar-refractivity contribution in [1.82, 2.24) is 20.6 Å². The summed E-state index contributed by atoms with van der Waals surface area (Å²) in [6.45, 7) is 5.17. The van der Waals surface area contributed by atoms with E-state index in [0.29, 0.717) is 22.2 Å². The summed E-state index contributed by atoms with van der Waals surface area (Å²) >= 11 is 0. The average molecular weight is 669 g/mol. The summed E-state index contributed by atoms with van der Waals surface area (Å²) in [6, 6.07) is 40.0. The number of ether oxygens (including phenoxy) is 2. The van der Waals surface area contributed by atoms with Gasteiger partial charge in [0.1, 0.15) is 22.7 Å². The number of benzene rings is 5. The molecule has 2 N–H and O–H groups in total. The Balaban J connectivity index is 1.63. The molecule has 0 unspecified atom stereocenters. The fraction of sp³-hybridized carbons (Fsp3) is 0.146. The molecule has 6 rings (SSSR count). The Morgan fingerprint density at radius 3 is 1.84 bits per heavy atom. The smallest absolute Gasteiger partial charge is 0.426 e. The first-order chi connectivity index (χ1) is 24.1. The molecule has 1 aromatic heterocycles. The van der Waals surface area contributed by atoms with Gasteiger partial charge in [-0.2, -0.15) is 5.10 Å². The van der Waals surface area contributed by atoms with Gasteiger partial charge >= 0.3 is 6.09 Å². The first kappa shape index (κ1) is 33.7. The molecular weight excluding hydrogens is 631 g/mol. The van der Waals surface area contributed by atoms with E-state index in [9.17, 15) is 14.0 Å². The summed E-state index contributed by atoms with van der Waals surface area (Å²) < 4.78 is 27.4. The molecule has 6 aromatic rings. The van der Waals surface area contributed by atoms with Crippen LogP contribution >= 0.6 is 0 Å². The monoisotopic (exact) mass is 668 g/mol. The largest absolute Gasteiger partial charge is 0.495 e. The maximum atomic E-state index is 14.2. The van der Waals surface area contributed by atoms with E-state index >= 15 is 0 Å². The minimum absolute atomic E-state index is 0.153. The number of nitrogens with zero attached hydrogens (tertiary/aromatic N) is 2. The molecular formula is C41H37FN4O4. The second-order valence-electron chi connectivity index (χ2n) is 12.6. The Labute approximate surface area is 290 Å². The highest BCUT2D eigenvalue weighted by Crippen LogP contribution is 2.45. The van der Waals surface area contributed by atoms with Crippen molar-refractivity contribution >= 4 is 35.1 Å². The molecule has 0 saturated heterocycles. The number of aromatic nitrogens is 2. The van der Waals surface area contributed by atoms with Gasteiger partial charge in [-0.25, -0.2) is 19.3 Å². The van der Waals surface area contributed by atoms with Gasteiger partial charge in [-0.05, 0) is 73.4 Å². The number of amides is 2. The minimum atomic E-state index is -0.986. The molecule has 50 heavy (non-hydrogen) atoms. The number of carbonyl (C=O) groups excluding carboxylic acids is 2. The lowest BCUT2D eigenvalue weighted by Crippen LogP contribution is -2.44. The topological polar surface area (TPSA) is 94.5 Å². The lowest BCUT2D eigenvalue weighted by Gasteiger charge is -2.37. The van der Waals surface area contributed by atoms with E-state index in [-0.39, 0.29) is 17.1 Å². The van der Waals surface area contributed by atoms with Gasteiger partial charge in [0.05, 0.1) is 29.3 Å². The van der Waals surface area contributed by atoms with Crippen LogP contribution in [0.25, 0.3) is 23.1 Å². The van der Waals surface area contributed by atoms with E-state index in [1.807, 2.05) is 65.3 Å². The molecule has 9 heteroatoms. The molecule has 1 heterocycles. The third-order valence-corrected chi connectivity index (χ3v) is 8.13. The van der Waals surface area contributed by atoms with E-state index in [1.54, 1.807) is 51.1 Å². The van der Waals surface area contributed by atoms with E-state index in [1.165, 1.54) is 19.2 Å². The lowest BCUT2D eigenvalue weighted by atomic mass is 9.77. The Kier molecular flexibility index (Phi) is 9.49. The van der Waals surface area contributed by atoms with Crippen LogP contribution in [0.15, 0.2) is 127 Å². The molecule has 0 aliphatic rings. The predicted molar refractivity (Wildman–Crippen MR) is 193 cm³/mol. The summed E-state index contributed by atoms with van der Waals surface area (Å²) in [4.78, 5) is 25.9. The summed E-state index contributed by atoms with van der Waals surface area (Å²) in [5.41, 5.74) is 7.76. The zero-order valence-corrected chi connectivity index (χ0v) is 28.2. The number of hydrogen-bond acceptors (Lipinski definition) is 5. The van der Waals surface area contributed by atoms with Gasteiger partial charge in [0, 0.05) is 0 Å². The van der Waals surface area contributed by atoms with Crippen LogP contribution in [0.4, 0.5) is 9.18 Å². The normalized spacial score (nSPS) is 11.8. The third kappa shape index (κ3) is 6.71. The Hall–Kier alpha value is -6.22. The average Bonchev–Trinajstić information content (AvgIpc) is 3.49. The molecule has 252 valence electrons. The maximum absolute atomic E-state index is 14.2. The van der Waals surface area contributed by atoms with Gasteiger partial charge in [-0.15, -0.1) is 0 Å². The van der Waals surface area contributed by atoms with Gasteiger partial charge in [-0.1, -0.05) is 109 Å². The van der Waals surface area contributed by atoms with Gasteiger partial charge < -0.3 is 9.47 Å². The summed E-state index contributed by atoms with van der Waals surface area (Å²) in [5.74, 6) is -0.755. The van der Waals surface area contributed by atoms with E-state index in [4.69, 9.17) is 14.6 Å². The van der Waals surface area contributed by atoms with Crippen LogP contribution in [0.5, 0.6) is 5.75 Å². The van der Waals surface area contributed by atoms with Crippen LogP contribution in [0.1, 0.15) is 59.1 Å². The predicted octanol–water partition coefficient (Wildman–Crippen LogP) is 8.36. The molecule has 0 aliphatic carbocycles. The van der Waals surface area contributed by atoms with Crippen LogP contribution < -0.4 is 15.6 Å². The lowest BCUT2D eigenvalue weighted by molar-refractivity contribution is 0.0483. The van der Waals surface area contributed by atoms with Gasteiger partial charge in [0.15, 0.2) is 0 Å². The number of nitrogens with one attached hydrogen (secondary N) is 2. The van der Waals surface area contributed by atoms with Crippen LogP contribution in [0.3, 0.4) is 0 Å². The van der Waals surface area contributed by atoms with Crippen molar-refractivity contribution in [3.8, 4) is 5.75 Å². The number of fused-ring (bicyclic) bond motifs is 1. The SMILES string of the molecule is COc1c(C(=O)NNC(=O)OC(C)(C)C)ccc2c1c(/C=C/c1cccc(F)c1)nn2C(c1ccccc1)(c1ccccc1)c1ccccc1. The zero-order valence-electron chi connectivity index (χ0n) is 28.2. The van der Waals surface area contributed by atoms with Crippen molar-refractivity contribution in [1.29, 1.82) is 0 Å². The summed E-state index contributed by atoms with van der Waals surface area (Å²) in [6.07, 6.45) is 2.74. The van der Waals surface area contributed by atoms with Gasteiger partial charge in [-0.3, -0.25) is 10.2 Å². The van der Waals surface area contributed by atoms with E-state index in [0.717, 1.165) is 16.7 Å². The number of hydrogen-bond donors (Lipinski definition) is 2. The molecule has 8 nitrogen and oxygen atoms in total. The molecule has 0 fully saturated rings. The number of hydrazine groups is 1. The fourth-order valence-electron chi connectivity index (χ4n) is 6.14. The Bertz CT molecular complexity index is 2060. The van der Waals surface area contributed by atoms with E-state index < -0.39 is 23.1 Å². The Morgan fingerprint density at radius 2 is 1.32 bits per heavy atom. The molecule has 0 radical (unpaired) electrons. The van der Waals surface area contributed by atoms with Crippen molar-refractivity contribution < 1.29 is 23.5 Å². The van der Waals surface area contributed by atoms with Crippen LogP contribution in [0.2, 0.25) is 0 Å². The molecule has 0 aliphatic heterocycles. The highest BCUT2D eigenvalue weighted by atomic mass is 19.1. The third-order valence-electron chi connectivity index (χ3n) is 8.13. The highest BCUT2D eigenvalue weighted by Gasteiger charge is 2.41. The molecule has 0 saturated carbocycles. The van der Waals surface area contributed by atoms with Gasteiger partial charge in [0.25, 0.3) is 5.91 Å². The molecule has 0 spiro atoms. The highest BCUT2D eigenvalue weighted by molar-refractivity contribution is 6.06. The van der Waals surface area contributed by atoms with Crippen molar-refractivity contribution in [3.63, 3.8) is 0 Å². The Morgan fingerprint density at radius 1 is 0.740 bits per heavy atom. The van der Waals surface area contributed by atoms with Crippen molar-refractivity contribution in [2.24, 2.45) is 0 Å². The van der Waals surface area contributed by atoms with Crippen molar-refractivity contribution in [2.75, 3.05) is 7.11 Å². The van der Waals surface area contributed by atoms with Crippen LogP contribution in [-0.2, 0) is 10.3 Å². The maximum Gasteiger partial charge on any atom is 0.426 e. The minimum Gasteiger partial charge on any atom is -0.495 e. The van der Waals surface area contributed by atoms with Crippen molar-refractivity contribution in [3.05, 3.63) is 167 Å². The summed E-state index contributed by atoms with van der Waals surface area (Å²) in [7, 11) is 1.48. The zero-order chi connectivity index (χ0) is 35.3. The van der Waals surface area contributed by atoms with Crippen molar-refractivity contribution in [2.45, 2.75) is 31.9 Å². The van der Waals surface area contributed by atoms with Gasteiger partial charge in [0.2, 0.25) is 0 Å². The van der Waals surface area contributed by atoms with Crippen LogP contribution in [0, 0.1) is 5.82 Å². The number of halogens is 1. The second kappa shape index (κ2) is 14.1. The molecule has 0 atom stereocenters. The molecule has 2 amide bonds. The fourth-order valence-corrected chi connectivity index (χ4v) is 6.14. The van der Waals surface area contributed by atoms with Crippen LogP contribution in [-0.4, -0.2) is 34.5 Å². The number of carbonyl (C=O) groups is 2. The molecule has 0 bridgehead atoms. The number of methoxy groups -OCH3 is 1. The quantitative estimate of drug-likeness (QED) is 0.126. The second-order valence-corrected chi connectivity index (χ2v) is 12.6. The number of rotatable bonds is 8.